The van der Waals surface area contributed by atoms with Gasteiger partial charge in [-0.15, -0.1) is 0 Å². The molecule has 3 rings (SSSR count). The lowest BCUT2D eigenvalue weighted by Gasteiger charge is -2.29. The van der Waals surface area contributed by atoms with Gasteiger partial charge in [0.1, 0.15) is 11.9 Å². The van der Waals surface area contributed by atoms with Crippen molar-refractivity contribution in [3.63, 3.8) is 0 Å². The molecule has 0 aromatic heterocycles. The molecule has 7 heteroatoms. The van der Waals surface area contributed by atoms with Crippen LogP contribution in [-0.4, -0.2) is 28.7 Å². The highest BCUT2D eigenvalue weighted by molar-refractivity contribution is 6.06. The zero-order chi connectivity index (χ0) is 14.4. The molecule has 2 heterocycles. The lowest BCUT2D eigenvalue weighted by atomic mass is 10.0. The van der Waals surface area contributed by atoms with E-state index in [2.05, 4.69) is 5.32 Å². The van der Waals surface area contributed by atoms with Crippen LogP contribution in [0.15, 0.2) is 12.1 Å². The van der Waals surface area contributed by atoms with Crippen LogP contribution in [0.2, 0.25) is 0 Å². The number of nitrogens with two attached hydrogens (primary N) is 1. The van der Waals surface area contributed by atoms with Crippen molar-refractivity contribution in [2.75, 3.05) is 5.73 Å². The lowest BCUT2D eigenvalue weighted by Crippen LogP contribution is -2.52. The number of hydrogen-bond donors (Lipinski definition) is 2. The van der Waals surface area contributed by atoms with Gasteiger partial charge in [-0.2, -0.15) is 0 Å². The summed E-state index contributed by atoms with van der Waals surface area (Å²) in [5.74, 6) is -1.79. The molecular formula is C13H12FN3O3. The first-order chi connectivity index (χ1) is 9.49. The highest BCUT2D eigenvalue weighted by Crippen LogP contribution is 2.32. The van der Waals surface area contributed by atoms with Crippen LogP contribution in [0.3, 0.4) is 0 Å². The van der Waals surface area contributed by atoms with Gasteiger partial charge in [0.15, 0.2) is 0 Å². The van der Waals surface area contributed by atoms with Crippen molar-refractivity contribution >= 4 is 23.4 Å². The van der Waals surface area contributed by atoms with Gasteiger partial charge in [0, 0.05) is 24.1 Å². The fraction of sp³-hybridized carbons (Fsp3) is 0.308. The molecular weight excluding hydrogens is 265 g/mol. The number of fused-ring (bicyclic) bond motifs is 1. The molecule has 1 atom stereocenters. The van der Waals surface area contributed by atoms with Crippen LogP contribution in [0, 0.1) is 5.82 Å². The molecule has 1 fully saturated rings. The van der Waals surface area contributed by atoms with E-state index < -0.39 is 17.8 Å². The Hall–Kier alpha value is -2.44. The first-order valence-corrected chi connectivity index (χ1v) is 6.20. The number of carbonyl (C=O) groups is 3. The minimum Gasteiger partial charge on any atom is -0.396 e. The maximum absolute atomic E-state index is 13.4. The average Bonchev–Trinajstić information content (AvgIpc) is 2.72. The third-order valence-corrected chi connectivity index (χ3v) is 3.71. The van der Waals surface area contributed by atoms with Crippen LogP contribution < -0.4 is 11.1 Å². The maximum Gasteiger partial charge on any atom is 0.255 e. The van der Waals surface area contributed by atoms with Crippen LogP contribution in [0.25, 0.3) is 0 Å². The fourth-order valence-electron chi connectivity index (χ4n) is 2.63. The number of benzene rings is 1. The molecule has 1 aromatic rings. The molecule has 20 heavy (non-hydrogen) atoms. The number of amides is 3. The Labute approximate surface area is 113 Å². The highest BCUT2D eigenvalue weighted by Gasteiger charge is 2.40. The number of rotatable bonds is 1. The predicted molar refractivity (Wildman–Crippen MR) is 66.9 cm³/mol. The van der Waals surface area contributed by atoms with E-state index in [1.807, 2.05) is 0 Å². The van der Waals surface area contributed by atoms with E-state index in [9.17, 15) is 18.8 Å². The van der Waals surface area contributed by atoms with Gasteiger partial charge in [-0.3, -0.25) is 19.7 Å². The molecule has 1 unspecified atom stereocenters. The molecule has 0 spiro atoms. The van der Waals surface area contributed by atoms with Crippen molar-refractivity contribution in [3.05, 3.63) is 29.1 Å². The zero-order valence-corrected chi connectivity index (χ0v) is 10.5. The van der Waals surface area contributed by atoms with E-state index in [-0.39, 0.29) is 36.9 Å². The molecule has 3 amide bonds. The van der Waals surface area contributed by atoms with Crippen molar-refractivity contribution in [3.8, 4) is 0 Å². The fourth-order valence-corrected chi connectivity index (χ4v) is 2.63. The maximum atomic E-state index is 13.4. The van der Waals surface area contributed by atoms with Gasteiger partial charge in [-0.25, -0.2) is 4.39 Å². The Morgan fingerprint density at radius 1 is 1.30 bits per heavy atom. The summed E-state index contributed by atoms with van der Waals surface area (Å²) in [5.41, 5.74) is 6.29. The second-order valence-corrected chi connectivity index (χ2v) is 4.89. The number of hydrogen-bond acceptors (Lipinski definition) is 4. The van der Waals surface area contributed by atoms with Crippen molar-refractivity contribution in [1.82, 2.24) is 10.2 Å². The van der Waals surface area contributed by atoms with Gasteiger partial charge in [-0.1, -0.05) is 0 Å². The Kier molecular flexibility index (Phi) is 2.70. The number of nitrogens with one attached hydrogen (secondary N) is 1. The summed E-state index contributed by atoms with van der Waals surface area (Å²) in [7, 11) is 0. The van der Waals surface area contributed by atoms with E-state index in [1.54, 1.807) is 0 Å². The number of nitrogens with zero attached hydrogens (tertiary/aromatic N) is 1. The van der Waals surface area contributed by atoms with E-state index in [0.29, 0.717) is 11.1 Å². The summed E-state index contributed by atoms with van der Waals surface area (Å²) in [6.07, 6.45) is 0.452. The van der Waals surface area contributed by atoms with Crippen LogP contribution in [0.5, 0.6) is 0 Å². The standard InChI is InChI=1S/C13H12FN3O3/c14-8-2-1-6-7(11(8)15)5-17(13(6)20)9-3-4-10(18)16-12(9)19/h1-2,9H,3-5,15H2,(H,16,18,19). The van der Waals surface area contributed by atoms with Gasteiger partial charge >= 0.3 is 0 Å². The summed E-state index contributed by atoms with van der Waals surface area (Å²) in [6.45, 7) is 0.0873. The van der Waals surface area contributed by atoms with E-state index >= 15 is 0 Å². The predicted octanol–water partition coefficient (Wildman–Crippen LogP) is 0.169. The number of carbonyl (C=O) groups excluding carboxylic acids is 3. The van der Waals surface area contributed by atoms with Gasteiger partial charge in [0.25, 0.3) is 5.91 Å². The highest BCUT2D eigenvalue weighted by atomic mass is 19.1. The quantitative estimate of drug-likeness (QED) is 0.565. The monoisotopic (exact) mass is 277 g/mol. The molecule has 1 saturated heterocycles. The normalized spacial score (nSPS) is 21.9. The van der Waals surface area contributed by atoms with Crippen LogP contribution in [0.1, 0.15) is 28.8 Å². The topological polar surface area (TPSA) is 92.5 Å². The third-order valence-electron chi connectivity index (χ3n) is 3.71. The summed E-state index contributed by atoms with van der Waals surface area (Å²) < 4.78 is 13.4. The smallest absolute Gasteiger partial charge is 0.255 e. The molecule has 1 aromatic carbocycles. The molecule has 104 valence electrons. The number of halogens is 1. The second-order valence-electron chi connectivity index (χ2n) is 4.89. The Bertz CT molecular complexity index is 644. The van der Waals surface area contributed by atoms with Gasteiger partial charge < -0.3 is 10.6 Å². The van der Waals surface area contributed by atoms with E-state index in [1.165, 1.54) is 11.0 Å². The van der Waals surface area contributed by atoms with Crippen molar-refractivity contribution in [2.24, 2.45) is 0 Å². The second kappa shape index (κ2) is 4.29. The number of imide groups is 1. The molecule has 0 bridgehead atoms. The SMILES string of the molecule is Nc1c(F)ccc2c1CN(C1CCC(=O)NC1=O)C2=O. The van der Waals surface area contributed by atoms with Crippen LogP contribution >= 0.6 is 0 Å². The molecule has 0 radical (unpaired) electrons. The summed E-state index contributed by atoms with van der Waals surface area (Å²) in [5, 5.41) is 2.20. The number of anilines is 1. The minimum absolute atomic E-state index is 0.0642. The lowest BCUT2D eigenvalue weighted by molar-refractivity contribution is -0.136. The first-order valence-electron chi connectivity index (χ1n) is 6.20. The summed E-state index contributed by atoms with van der Waals surface area (Å²) >= 11 is 0. The van der Waals surface area contributed by atoms with E-state index in [0.717, 1.165) is 6.07 Å². The molecule has 0 aliphatic carbocycles. The summed E-state index contributed by atoms with van der Waals surface area (Å²) in [6, 6.07) is 1.80. The van der Waals surface area contributed by atoms with Crippen LogP contribution in [0.4, 0.5) is 10.1 Å². The minimum atomic E-state index is -0.713. The first kappa shape index (κ1) is 12.6. The number of nitrogen functional groups attached to an aromatic ring is 1. The Balaban J connectivity index is 1.92. The van der Waals surface area contributed by atoms with Gasteiger partial charge in [0.2, 0.25) is 11.8 Å². The Morgan fingerprint density at radius 3 is 2.75 bits per heavy atom. The van der Waals surface area contributed by atoms with E-state index in [4.69, 9.17) is 5.73 Å². The molecule has 3 N–H and O–H groups in total. The third kappa shape index (κ3) is 1.74. The largest absolute Gasteiger partial charge is 0.396 e. The molecule has 0 saturated carbocycles. The van der Waals surface area contributed by atoms with Crippen molar-refractivity contribution in [1.29, 1.82) is 0 Å². The summed E-state index contributed by atoms with van der Waals surface area (Å²) in [4.78, 5) is 36.5. The van der Waals surface area contributed by atoms with Crippen LogP contribution in [-0.2, 0) is 16.1 Å². The molecule has 2 aliphatic rings. The Morgan fingerprint density at radius 2 is 2.05 bits per heavy atom. The van der Waals surface area contributed by atoms with Crippen molar-refractivity contribution < 1.29 is 18.8 Å². The molecule has 6 nitrogen and oxygen atoms in total. The zero-order valence-electron chi connectivity index (χ0n) is 10.5. The van der Waals surface area contributed by atoms with Crippen molar-refractivity contribution in [2.45, 2.75) is 25.4 Å². The van der Waals surface area contributed by atoms with Gasteiger partial charge in [0.05, 0.1) is 5.69 Å². The van der Waals surface area contributed by atoms with Gasteiger partial charge in [-0.05, 0) is 18.6 Å². The average molecular weight is 277 g/mol. The number of piperidine rings is 1. The molecule has 2 aliphatic heterocycles.